The average molecular weight is 302 g/mol. The van der Waals surface area contributed by atoms with Crippen LogP contribution in [0, 0.1) is 13.8 Å². The third-order valence-corrected chi connectivity index (χ3v) is 4.36. The minimum Gasteiger partial charge on any atom is -0.200 e. The van der Waals surface area contributed by atoms with Crippen LogP contribution in [0.5, 0.6) is 0 Å². The molecule has 0 atom stereocenters. The van der Waals surface area contributed by atoms with E-state index in [0.717, 1.165) is 16.7 Å². The number of aryl methyl sites for hydroxylation is 2. The summed E-state index contributed by atoms with van der Waals surface area (Å²) in [6, 6.07) is 14.4. The summed E-state index contributed by atoms with van der Waals surface area (Å²) in [7, 11) is -3.63. The fraction of sp³-hybridized carbons (Fsp3) is 0.188. The van der Waals surface area contributed by atoms with E-state index in [1.54, 1.807) is 31.2 Å². The predicted octanol–water partition coefficient (Wildman–Crippen LogP) is 3.01. The van der Waals surface area contributed by atoms with Crippen molar-refractivity contribution in [2.24, 2.45) is 5.10 Å². The maximum Gasteiger partial charge on any atom is 0.276 e. The zero-order valence-electron chi connectivity index (χ0n) is 12.3. The summed E-state index contributed by atoms with van der Waals surface area (Å²) < 4.78 is 24.2. The van der Waals surface area contributed by atoms with E-state index < -0.39 is 10.0 Å². The Labute approximate surface area is 125 Å². The van der Waals surface area contributed by atoms with Gasteiger partial charge in [0, 0.05) is 0 Å². The van der Waals surface area contributed by atoms with Crippen LogP contribution in [0.2, 0.25) is 0 Å². The number of hydrogen-bond donors (Lipinski definition) is 1. The van der Waals surface area contributed by atoms with Crippen molar-refractivity contribution in [2.45, 2.75) is 25.7 Å². The van der Waals surface area contributed by atoms with Gasteiger partial charge in [0.25, 0.3) is 10.0 Å². The molecule has 2 aromatic carbocycles. The number of nitrogens with one attached hydrogen (secondary N) is 1. The zero-order chi connectivity index (χ0) is 15.5. The Bertz CT molecular complexity index is 746. The van der Waals surface area contributed by atoms with Gasteiger partial charge in [0.1, 0.15) is 0 Å². The second kappa shape index (κ2) is 6.10. The largest absolute Gasteiger partial charge is 0.276 e. The Morgan fingerprint density at radius 1 is 0.905 bits per heavy atom. The van der Waals surface area contributed by atoms with E-state index in [2.05, 4.69) is 9.93 Å². The summed E-state index contributed by atoms with van der Waals surface area (Å²) in [5, 5.41) is 3.97. The molecule has 0 radical (unpaired) electrons. The molecule has 2 aromatic rings. The first-order valence-electron chi connectivity index (χ1n) is 6.58. The van der Waals surface area contributed by atoms with Gasteiger partial charge in [-0.2, -0.15) is 18.4 Å². The first kappa shape index (κ1) is 15.3. The van der Waals surface area contributed by atoms with Crippen molar-refractivity contribution in [3.05, 3.63) is 65.2 Å². The number of benzene rings is 2. The van der Waals surface area contributed by atoms with E-state index >= 15 is 0 Å². The minimum absolute atomic E-state index is 0.202. The van der Waals surface area contributed by atoms with Gasteiger partial charge >= 0.3 is 0 Å². The first-order valence-corrected chi connectivity index (χ1v) is 8.06. The average Bonchev–Trinajstić information content (AvgIpc) is 2.46. The molecule has 1 N–H and O–H groups in total. The molecule has 0 aliphatic heterocycles. The monoisotopic (exact) mass is 302 g/mol. The van der Waals surface area contributed by atoms with E-state index in [-0.39, 0.29) is 4.90 Å². The van der Waals surface area contributed by atoms with Crippen LogP contribution in [-0.2, 0) is 10.0 Å². The van der Waals surface area contributed by atoms with Crippen LogP contribution < -0.4 is 4.83 Å². The molecular formula is C16H18N2O2S. The maximum atomic E-state index is 12.1. The maximum absolute atomic E-state index is 12.1. The highest BCUT2D eigenvalue weighted by molar-refractivity contribution is 7.89. The number of rotatable bonds is 4. The summed E-state index contributed by atoms with van der Waals surface area (Å²) in [6.45, 7) is 5.67. The van der Waals surface area contributed by atoms with Crippen LogP contribution in [0.1, 0.15) is 23.6 Å². The second-order valence-electron chi connectivity index (χ2n) is 4.97. The van der Waals surface area contributed by atoms with Crippen molar-refractivity contribution < 1.29 is 8.42 Å². The van der Waals surface area contributed by atoms with E-state index in [1.165, 1.54) is 0 Å². The lowest BCUT2D eigenvalue weighted by molar-refractivity contribution is 0.584. The normalized spacial score (nSPS) is 12.2. The Morgan fingerprint density at radius 2 is 1.38 bits per heavy atom. The first-order chi connectivity index (χ1) is 9.88. The molecule has 0 saturated heterocycles. The molecule has 0 heterocycles. The van der Waals surface area contributed by atoms with Crippen LogP contribution in [0.3, 0.4) is 0 Å². The lowest BCUT2D eigenvalue weighted by Gasteiger charge is -2.06. The SMILES string of the molecule is C/C(=N\NS(=O)(=O)c1ccc(C)cc1)c1ccc(C)cc1. The number of hydrogen-bond acceptors (Lipinski definition) is 3. The lowest BCUT2D eigenvalue weighted by atomic mass is 10.1. The molecule has 0 amide bonds. The third kappa shape index (κ3) is 3.92. The van der Waals surface area contributed by atoms with Gasteiger partial charge in [-0.05, 0) is 38.5 Å². The smallest absolute Gasteiger partial charge is 0.200 e. The van der Waals surface area contributed by atoms with Crippen molar-refractivity contribution in [3.8, 4) is 0 Å². The fourth-order valence-electron chi connectivity index (χ4n) is 1.76. The van der Waals surface area contributed by atoms with Crippen molar-refractivity contribution in [1.82, 2.24) is 4.83 Å². The molecule has 0 aromatic heterocycles. The van der Waals surface area contributed by atoms with Gasteiger partial charge < -0.3 is 0 Å². The Balaban J connectivity index is 2.18. The van der Waals surface area contributed by atoms with Gasteiger partial charge in [0.05, 0.1) is 10.6 Å². The molecule has 4 nitrogen and oxygen atoms in total. The van der Waals surface area contributed by atoms with E-state index in [9.17, 15) is 8.42 Å². The standard InChI is InChI=1S/C16H18N2O2S/c1-12-4-8-15(9-5-12)14(3)17-18-21(19,20)16-10-6-13(2)7-11-16/h4-11,18H,1-3H3/b17-14+. The van der Waals surface area contributed by atoms with Gasteiger partial charge in [-0.15, -0.1) is 0 Å². The van der Waals surface area contributed by atoms with Crippen molar-refractivity contribution in [3.63, 3.8) is 0 Å². The molecule has 0 fully saturated rings. The fourth-order valence-corrected chi connectivity index (χ4v) is 2.61. The summed E-state index contributed by atoms with van der Waals surface area (Å²) in [6.07, 6.45) is 0. The van der Waals surface area contributed by atoms with Crippen molar-refractivity contribution >= 4 is 15.7 Å². The number of nitrogens with zero attached hydrogens (tertiary/aromatic N) is 1. The van der Waals surface area contributed by atoms with Gasteiger partial charge in [-0.1, -0.05) is 47.5 Å². The molecular weight excluding hydrogens is 284 g/mol. The highest BCUT2D eigenvalue weighted by Crippen LogP contribution is 2.10. The van der Waals surface area contributed by atoms with Crippen LogP contribution in [-0.4, -0.2) is 14.1 Å². The Kier molecular flexibility index (Phi) is 4.43. The summed E-state index contributed by atoms with van der Waals surface area (Å²) in [4.78, 5) is 2.47. The van der Waals surface area contributed by atoms with Crippen LogP contribution >= 0.6 is 0 Å². The molecule has 0 aliphatic carbocycles. The molecule has 0 aliphatic rings. The highest BCUT2D eigenvalue weighted by atomic mass is 32.2. The number of hydrazone groups is 1. The van der Waals surface area contributed by atoms with Crippen molar-refractivity contribution in [2.75, 3.05) is 0 Å². The van der Waals surface area contributed by atoms with E-state index in [1.807, 2.05) is 38.1 Å². The Hall–Kier alpha value is -2.14. The number of sulfonamides is 1. The summed E-state index contributed by atoms with van der Waals surface area (Å²) in [5.41, 5.74) is 3.65. The van der Waals surface area contributed by atoms with Gasteiger partial charge in [-0.25, -0.2) is 0 Å². The van der Waals surface area contributed by atoms with E-state index in [0.29, 0.717) is 5.71 Å². The minimum atomic E-state index is -3.63. The molecule has 110 valence electrons. The van der Waals surface area contributed by atoms with Crippen LogP contribution in [0.25, 0.3) is 0 Å². The topological polar surface area (TPSA) is 58.5 Å². The zero-order valence-corrected chi connectivity index (χ0v) is 13.1. The molecule has 0 saturated carbocycles. The molecule has 0 bridgehead atoms. The van der Waals surface area contributed by atoms with Crippen LogP contribution in [0.15, 0.2) is 58.5 Å². The van der Waals surface area contributed by atoms with Crippen molar-refractivity contribution in [1.29, 1.82) is 0 Å². The highest BCUT2D eigenvalue weighted by Gasteiger charge is 2.12. The quantitative estimate of drug-likeness (QED) is 0.697. The molecule has 2 rings (SSSR count). The molecule has 5 heteroatoms. The Morgan fingerprint density at radius 3 is 1.90 bits per heavy atom. The van der Waals surface area contributed by atoms with Gasteiger partial charge in [0.15, 0.2) is 0 Å². The molecule has 0 spiro atoms. The second-order valence-corrected chi connectivity index (χ2v) is 6.63. The van der Waals surface area contributed by atoms with Gasteiger partial charge in [-0.3, -0.25) is 0 Å². The summed E-state index contributed by atoms with van der Waals surface area (Å²) in [5.74, 6) is 0. The van der Waals surface area contributed by atoms with Gasteiger partial charge in [0.2, 0.25) is 0 Å². The molecule has 0 unspecified atom stereocenters. The summed E-state index contributed by atoms with van der Waals surface area (Å²) >= 11 is 0. The predicted molar refractivity (Wildman–Crippen MR) is 84.9 cm³/mol. The van der Waals surface area contributed by atoms with Crippen LogP contribution in [0.4, 0.5) is 0 Å². The molecule has 21 heavy (non-hydrogen) atoms. The lowest BCUT2D eigenvalue weighted by Crippen LogP contribution is -2.19. The third-order valence-electron chi connectivity index (χ3n) is 3.13. The van der Waals surface area contributed by atoms with E-state index in [4.69, 9.17) is 0 Å².